The first-order valence-electron chi connectivity index (χ1n) is 9.72. The van der Waals surface area contributed by atoms with Gasteiger partial charge in [-0.3, -0.25) is 9.10 Å². The van der Waals surface area contributed by atoms with Crippen molar-refractivity contribution < 1.29 is 26.4 Å². The van der Waals surface area contributed by atoms with E-state index in [0.717, 1.165) is 17.7 Å². The molecule has 0 atom stereocenters. The molecule has 0 aromatic heterocycles. The molecule has 0 aliphatic carbocycles. The summed E-state index contributed by atoms with van der Waals surface area (Å²) in [4.78, 5) is 12.4. The van der Waals surface area contributed by atoms with Crippen molar-refractivity contribution in [3.05, 3.63) is 96.1 Å². The summed E-state index contributed by atoms with van der Waals surface area (Å²) >= 11 is 0. The lowest BCUT2D eigenvalue weighted by Gasteiger charge is -2.24. The van der Waals surface area contributed by atoms with Crippen molar-refractivity contribution in [2.45, 2.75) is 18.0 Å². The van der Waals surface area contributed by atoms with Crippen LogP contribution in [-0.4, -0.2) is 26.6 Å². The highest BCUT2D eigenvalue weighted by atomic mass is 32.2. The summed E-state index contributed by atoms with van der Waals surface area (Å²) in [6.07, 6.45) is -4.68. The Morgan fingerprint density at radius 3 is 2.15 bits per heavy atom. The third-order valence-electron chi connectivity index (χ3n) is 4.62. The van der Waals surface area contributed by atoms with E-state index in [9.17, 15) is 26.4 Å². The number of hydrazone groups is 1. The zero-order valence-electron chi connectivity index (χ0n) is 17.5. The van der Waals surface area contributed by atoms with Crippen molar-refractivity contribution in [1.29, 1.82) is 0 Å². The molecule has 3 aromatic rings. The Balaban J connectivity index is 1.94. The number of benzene rings is 3. The SMILES string of the molecule is C/C(=N/NC(=O)CN(c1cccc(C(F)(F)F)c1)S(=O)(=O)c1ccccc1)c1ccccc1. The first kappa shape index (κ1) is 24.0. The zero-order chi connectivity index (χ0) is 24.1. The van der Waals surface area contributed by atoms with Gasteiger partial charge in [-0.2, -0.15) is 18.3 Å². The van der Waals surface area contributed by atoms with Gasteiger partial charge in [0.2, 0.25) is 0 Å². The van der Waals surface area contributed by atoms with Gasteiger partial charge in [0.25, 0.3) is 15.9 Å². The minimum absolute atomic E-state index is 0.167. The van der Waals surface area contributed by atoms with Crippen LogP contribution in [0.2, 0.25) is 0 Å². The molecule has 0 spiro atoms. The van der Waals surface area contributed by atoms with E-state index < -0.39 is 34.2 Å². The van der Waals surface area contributed by atoms with E-state index in [0.29, 0.717) is 16.1 Å². The third kappa shape index (κ3) is 5.98. The number of hydrogen-bond acceptors (Lipinski definition) is 4. The van der Waals surface area contributed by atoms with Crippen molar-refractivity contribution in [2.24, 2.45) is 5.10 Å². The fraction of sp³-hybridized carbons (Fsp3) is 0.130. The highest BCUT2D eigenvalue weighted by Gasteiger charge is 2.33. The fourth-order valence-electron chi connectivity index (χ4n) is 2.93. The molecule has 6 nitrogen and oxygen atoms in total. The molecule has 0 bridgehead atoms. The second-order valence-electron chi connectivity index (χ2n) is 6.97. The van der Waals surface area contributed by atoms with E-state index >= 15 is 0 Å². The van der Waals surface area contributed by atoms with Crippen LogP contribution in [0.1, 0.15) is 18.1 Å². The summed E-state index contributed by atoms with van der Waals surface area (Å²) in [6, 6.07) is 19.9. The van der Waals surface area contributed by atoms with Gasteiger partial charge in [0.15, 0.2) is 0 Å². The molecular formula is C23H20F3N3O3S. The van der Waals surface area contributed by atoms with Crippen molar-refractivity contribution in [3.8, 4) is 0 Å². The molecule has 0 heterocycles. The summed E-state index contributed by atoms with van der Waals surface area (Å²) in [7, 11) is -4.35. The molecule has 33 heavy (non-hydrogen) atoms. The lowest BCUT2D eigenvalue weighted by Crippen LogP contribution is -2.39. The van der Waals surface area contributed by atoms with Crippen molar-refractivity contribution >= 4 is 27.3 Å². The first-order chi connectivity index (χ1) is 15.6. The van der Waals surface area contributed by atoms with Crippen LogP contribution in [0, 0.1) is 0 Å². The number of alkyl halides is 3. The zero-order valence-corrected chi connectivity index (χ0v) is 18.3. The lowest BCUT2D eigenvalue weighted by molar-refractivity contribution is -0.137. The van der Waals surface area contributed by atoms with Gasteiger partial charge in [-0.1, -0.05) is 54.6 Å². The predicted molar refractivity (Wildman–Crippen MR) is 119 cm³/mol. The molecule has 1 amide bonds. The van der Waals surface area contributed by atoms with Gasteiger partial charge in [-0.25, -0.2) is 13.8 Å². The Labute approximate surface area is 189 Å². The van der Waals surface area contributed by atoms with E-state index in [1.807, 2.05) is 6.07 Å². The molecule has 3 aromatic carbocycles. The molecule has 0 unspecified atom stereocenters. The number of amides is 1. The average molecular weight is 475 g/mol. The molecule has 0 aliphatic rings. The molecule has 10 heteroatoms. The van der Waals surface area contributed by atoms with Crippen LogP contribution >= 0.6 is 0 Å². The number of anilines is 1. The average Bonchev–Trinajstić information content (AvgIpc) is 2.81. The number of carbonyl (C=O) groups excluding carboxylic acids is 1. The van der Waals surface area contributed by atoms with Crippen molar-refractivity contribution in [1.82, 2.24) is 5.43 Å². The van der Waals surface area contributed by atoms with Gasteiger partial charge in [0.05, 0.1) is 21.9 Å². The Morgan fingerprint density at radius 2 is 1.55 bits per heavy atom. The van der Waals surface area contributed by atoms with Gasteiger partial charge in [0, 0.05) is 0 Å². The standard InChI is InChI=1S/C23H20F3N3O3S/c1-17(18-9-4-2-5-10-18)27-28-22(30)16-29(33(31,32)21-13-6-3-7-14-21)20-12-8-11-19(15-20)23(24,25)26/h2-15H,16H2,1H3,(H,28,30)/b27-17-. The molecule has 0 saturated carbocycles. The van der Waals surface area contributed by atoms with Crippen LogP contribution in [0.15, 0.2) is 94.9 Å². The van der Waals surface area contributed by atoms with E-state index in [2.05, 4.69) is 10.5 Å². The normalized spacial score (nSPS) is 12.3. The van der Waals surface area contributed by atoms with Crippen LogP contribution in [-0.2, 0) is 21.0 Å². The molecule has 0 radical (unpaired) electrons. The summed E-state index contributed by atoms with van der Waals surface area (Å²) < 4.78 is 66.7. The Hall–Kier alpha value is -3.66. The van der Waals surface area contributed by atoms with Gasteiger partial charge in [0.1, 0.15) is 6.54 Å². The highest BCUT2D eigenvalue weighted by molar-refractivity contribution is 7.92. The minimum atomic E-state index is -4.68. The molecule has 172 valence electrons. The molecule has 0 saturated heterocycles. The number of sulfonamides is 1. The first-order valence-corrected chi connectivity index (χ1v) is 11.2. The van der Waals surface area contributed by atoms with Gasteiger partial charge >= 0.3 is 6.18 Å². The maximum atomic E-state index is 13.2. The summed E-state index contributed by atoms with van der Waals surface area (Å²) in [6.45, 7) is 0.880. The third-order valence-corrected chi connectivity index (χ3v) is 6.41. The Bertz CT molecular complexity index is 1250. The second kappa shape index (κ2) is 9.86. The Kier molecular flexibility index (Phi) is 7.17. The lowest BCUT2D eigenvalue weighted by atomic mass is 10.1. The number of hydrogen-bond donors (Lipinski definition) is 1. The van der Waals surface area contributed by atoms with Crippen molar-refractivity contribution in [2.75, 3.05) is 10.8 Å². The van der Waals surface area contributed by atoms with Gasteiger partial charge in [-0.05, 0) is 42.8 Å². The monoisotopic (exact) mass is 475 g/mol. The van der Waals surface area contributed by atoms with Crippen LogP contribution in [0.4, 0.5) is 18.9 Å². The fourth-order valence-corrected chi connectivity index (χ4v) is 4.36. The minimum Gasteiger partial charge on any atom is -0.271 e. The quantitative estimate of drug-likeness (QED) is 0.405. The van der Waals surface area contributed by atoms with Gasteiger partial charge < -0.3 is 0 Å². The van der Waals surface area contributed by atoms with Crippen LogP contribution in [0.25, 0.3) is 0 Å². The largest absolute Gasteiger partial charge is 0.416 e. The van der Waals surface area contributed by atoms with Gasteiger partial charge in [-0.15, -0.1) is 0 Å². The van der Waals surface area contributed by atoms with E-state index in [1.165, 1.54) is 30.3 Å². The van der Waals surface area contributed by atoms with Crippen LogP contribution in [0.5, 0.6) is 0 Å². The maximum absolute atomic E-state index is 13.2. The predicted octanol–water partition coefficient (Wildman–Crippen LogP) is 4.44. The smallest absolute Gasteiger partial charge is 0.271 e. The Morgan fingerprint density at radius 1 is 0.939 bits per heavy atom. The number of rotatable bonds is 7. The van der Waals surface area contributed by atoms with Crippen molar-refractivity contribution in [3.63, 3.8) is 0 Å². The number of nitrogens with zero attached hydrogens (tertiary/aromatic N) is 2. The second-order valence-corrected chi connectivity index (χ2v) is 8.83. The summed E-state index contributed by atoms with van der Waals surface area (Å²) in [5.41, 5.74) is 2.15. The molecule has 0 aliphatic heterocycles. The molecular weight excluding hydrogens is 455 g/mol. The number of carbonyl (C=O) groups is 1. The molecule has 3 rings (SSSR count). The topological polar surface area (TPSA) is 78.8 Å². The maximum Gasteiger partial charge on any atom is 0.416 e. The highest BCUT2D eigenvalue weighted by Crippen LogP contribution is 2.33. The van der Waals surface area contributed by atoms with Crippen LogP contribution < -0.4 is 9.73 Å². The number of halogens is 3. The summed E-state index contributed by atoms with van der Waals surface area (Å²) in [5.74, 6) is -0.817. The van der Waals surface area contributed by atoms with E-state index in [4.69, 9.17) is 0 Å². The molecule has 0 fully saturated rings. The number of nitrogens with one attached hydrogen (secondary N) is 1. The van der Waals surface area contributed by atoms with Crippen LogP contribution in [0.3, 0.4) is 0 Å². The van der Waals surface area contributed by atoms with E-state index in [-0.39, 0.29) is 10.6 Å². The van der Waals surface area contributed by atoms with E-state index in [1.54, 1.807) is 37.3 Å². The summed E-state index contributed by atoms with van der Waals surface area (Å²) in [5, 5.41) is 3.97. The molecule has 1 N–H and O–H groups in total.